The zero-order valence-electron chi connectivity index (χ0n) is 12.4. The fraction of sp³-hybridized carbons (Fsp3) is 0.438. The van der Waals surface area contributed by atoms with Crippen molar-refractivity contribution < 1.29 is 14.3 Å². The van der Waals surface area contributed by atoms with Crippen LogP contribution in [-0.2, 0) is 4.79 Å². The lowest BCUT2D eigenvalue weighted by Crippen LogP contribution is -2.52. The summed E-state index contributed by atoms with van der Waals surface area (Å²) in [6.45, 7) is 4.74. The maximum absolute atomic E-state index is 12.6. The predicted molar refractivity (Wildman–Crippen MR) is 80.5 cm³/mol. The molecule has 0 saturated carbocycles. The minimum Gasteiger partial charge on any atom is -0.497 e. The Hall–Kier alpha value is -2.01. The minimum absolute atomic E-state index is 0.0665. The molecule has 1 aromatic rings. The molecule has 5 nitrogen and oxygen atoms in total. The van der Waals surface area contributed by atoms with Crippen LogP contribution in [0.3, 0.4) is 0 Å². The lowest BCUT2D eigenvalue weighted by Gasteiger charge is -2.33. The number of rotatable bonds is 2. The molecule has 0 aliphatic carbocycles. The van der Waals surface area contributed by atoms with Crippen molar-refractivity contribution in [3.8, 4) is 11.5 Å². The van der Waals surface area contributed by atoms with Crippen LogP contribution >= 0.6 is 0 Å². The van der Waals surface area contributed by atoms with E-state index in [0.29, 0.717) is 18.2 Å². The number of hydrogen-bond acceptors (Lipinski definition) is 4. The number of piperazine rings is 1. The smallest absolute Gasteiger partial charge is 0.253 e. The lowest BCUT2D eigenvalue weighted by atomic mass is 10.1. The molecule has 1 aromatic carbocycles. The van der Waals surface area contributed by atoms with Gasteiger partial charge in [-0.15, -0.1) is 0 Å². The molecule has 21 heavy (non-hydrogen) atoms. The lowest BCUT2D eigenvalue weighted by molar-refractivity contribution is -0.128. The average molecular weight is 288 g/mol. The molecule has 2 aliphatic rings. The van der Waals surface area contributed by atoms with E-state index >= 15 is 0 Å². The van der Waals surface area contributed by atoms with E-state index in [0.717, 1.165) is 36.7 Å². The first-order chi connectivity index (χ1) is 10.2. The molecule has 0 aromatic heterocycles. The number of carbonyl (C=O) groups excluding carboxylic acids is 1. The summed E-state index contributed by atoms with van der Waals surface area (Å²) in [6.07, 6.45) is 1.91. The molecule has 0 bridgehead atoms. The standard InChI is InChI=1S/C16H20N2O3/c1-11-9-18(6-5-17-11)16(19)13-7-12-8-14(20-2)3-4-15(12)21-10-13/h3-4,7-8,11,17H,5-6,9-10H2,1-2H3. The number of fused-ring (bicyclic) bond motifs is 1. The number of carbonyl (C=O) groups is 1. The summed E-state index contributed by atoms with van der Waals surface area (Å²) in [7, 11) is 1.63. The Balaban J connectivity index is 1.82. The maximum Gasteiger partial charge on any atom is 0.253 e. The van der Waals surface area contributed by atoms with E-state index in [4.69, 9.17) is 9.47 Å². The molecule has 1 unspecified atom stereocenters. The van der Waals surface area contributed by atoms with E-state index in [1.165, 1.54) is 0 Å². The van der Waals surface area contributed by atoms with Crippen LogP contribution in [0.2, 0.25) is 0 Å². The second kappa shape index (κ2) is 5.77. The Bertz CT molecular complexity index is 583. The van der Waals surface area contributed by atoms with Gasteiger partial charge in [0.25, 0.3) is 5.91 Å². The maximum atomic E-state index is 12.6. The van der Waals surface area contributed by atoms with Gasteiger partial charge in [0, 0.05) is 31.2 Å². The second-order valence-electron chi connectivity index (χ2n) is 5.47. The van der Waals surface area contributed by atoms with Crippen LogP contribution in [0.25, 0.3) is 6.08 Å². The van der Waals surface area contributed by atoms with Crippen molar-refractivity contribution in [3.05, 3.63) is 29.3 Å². The Morgan fingerprint density at radius 1 is 1.48 bits per heavy atom. The first-order valence-corrected chi connectivity index (χ1v) is 7.21. The topological polar surface area (TPSA) is 50.8 Å². The van der Waals surface area contributed by atoms with Gasteiger partial charge < -0.3 is 19.7 Å². The van der Waals surface area contributed by atoms with Crippen LogP contribution in [-0.4, -0.2) is 50.2 Å². The summed E-state index contributed by atoms with van der Waals surface area (Å²) >= 11 is 0. The van der Waals surface area contributed by atoms with Gasteiger partial charge in [0.15, 0.2) is 0 Å². The van der Waals surface area contributed by atoms with Crippen LogP contribution in [0.5, 0.6) is 11.5 Å². The Labute approximate surface area is 124 Å². The van der Waals surface area contributed by atoms with Crippen LogP contribution in [0, 0.1) is 0 Å². The number of ether oxygens (including phenoxy) is 2. The van der Waals surface area contributed by atoms with Gasteiger partial charge in [0.05, 0.1) is 12.7 Å². The molecule has 1 saturated heterocycles. The molecule has 112 valence electrons. The largest absolute Gasteiger partial charge is 0.497 e. The molecule has 0 radical (unpaired) electrons. The highest BCUT2D eigenvalue weighted by molar-refractivity contribution is 5.99. The molecular formula is C16H20N2O3. The van der Waals surface area contributed by atoms with Gasteiger partial charge in [-0.1, -0.05) is 0 Å². The summed E-state index contributed by atoms with van der Waals surface area (Å²) in [5.41, 5.74) is 1.59. The number of methoxy groups -OCH3 is 1. The van der Waals surface area contributed by atoms with E-state index in [-0.39, 0.29) is 5.91 Å². The van der Waals surface area contributed by atoms with Gasteiger partial charge in [-0.3, -0.25) is 4.79 Å². The fourth-order valence-corrected chi connectivity index (χ4v) is 2.73. The zero-order valence-corrected chi connectivity index (χ0v) is 12.4. The Morgan fingerprint density at radius 2 is 2.33 bits per heavy atom. The third kappa shape index (κ3) is 2.88. The molecular weight excluding hydrogens is 268 g/mol. The van der Waals surface area contributed by atoms with Crippen molar-refractivity contribution in [1.82, 2.24) is 10.2 Å². The van der Waals surface area contributed by atoms with Gasteiger partial charge in [0.2, 0.25) is 0 Å². The quantitative estimate of drug-likeness (QED) is 0.891. The first-order valence-electron chi connectivity index (χ1n) is 7.21. The van der Waals surface area contributed by atoms with Crippen LogP contribution in [0.1, 0.15) is 12.5 Å². The van der Waals surface area contributed by atoms with Crippen molar-refractivity contribution in [2.45, 2.75) is 13.0 Å². The number of nitrogens with zero attached hydrogens (tertiary/aromatic N) is 1. The van der Waals surface area contributed by atoms with Crippen molar-refractivity contribution in [2.75, 3.05) is 33.4 Å². The van der Waals surface area contributed by atoms with Gasteiger partial charge in [-0.2, -0.15) is 0 Å². The van der Waals surface area contributed by atoms with Gasteiger partial charge >= 0.3 is 0 Å². The summed E-state index contributed by atoms with van der Waals surface area (Å²) in [5, 5.41) is 3.34. The van der Waals surface area contributed by atoms with Crippen molar-refractivity contribution in [3.63, 3.8) is 0 Å². The molecule has 1 atom stereocenters. The monoisotopic (exact) mass is 288 g/mol. The van der Waals surface area contributed by atoms with Crippen LogP contribution in [0.15, 0.2) is 23.8 Å². The number of benzene rings is 1. The van der Waals surface area contributed by atoms with E-state index < -0.39 is 0 Å². The predicted octanol–water partition coefficient (Wildman–Crippen LogP) is 1.29. The minimum atomic E-state index is 0.0665. The molecule has 3 rings (SSSR count). The van der Waals surface area contributed by atoms with E-state index in [1.54, 1.807) is 7.11 Å². The zero-order chi connectivity index (χ0) is 14.8. The highest BCUT2D eigenvalue weighted by Gasteiger charge is 2.25. The molecule has 2 heterocycles. The van der Waals surface area contributed by atoms with Crippen molar-refractivity contribution in [1.29, 1.82) is 0 Å². The van der Waals surface area contributed by atoms with E-state index in [2.05, 4.69) is 12.2 Å². The molecule has 0 spiro atoms. The normalized spacial score (nSPS) is 21.1. The Morgan fingerprint density at radius 3 is 3.10 bits per heavy atom. The highest BCUT2D eigenvalue weighted by Crippen LogP contribution is 2.30. The summed E-state index contributed by atoms with van der Waals surface area (Å²) in [5.74, 6) is 1.62. The summed E-state index contributed by atoms with van der Waals surface area (Å²) in [6, 6.07) is 5.96. The average Bonchev–Trinajstić information content (AvgIpc) is 2.53. The SMILES string of the molecule is COc1ccc2c(c1)C=C(C(=O)N1CCNC(C)C1)CO2. The van der Waals surface area contributed by atoms with Gasteiger partial charge in [-0.25, -0.2) is 0 Å². The molecule has 1 N–H and O–H groups in total. The van der Waals surface area contributed by atoms with E-state index in [1.807, 2.05) is 29.2 Å². The number of nitrogens with one attached hydrogen (secondary N) is 1. The molecule has 1 amide bonds. The summed E-state index contributed by atoms with van der Waals surface area (Å²) < 4.78 is 10.9. The number of amides is 1. The second-order valence-corrected chi connectivity index (χ2v) is 5.47. The van der Waals surface area contributed by atoms with Crippen molar-refractivity contribution >= 4 is 12.0 Å². The first kappa shape index (κ1) is 13.9. The summed E-state index contributed by atoms with van der Waals surface area (Å²) in [4.78, 5) is 14.5. The van der Waals surface area contributed by atoms with Gasteiger partial charge in [0.1, 0.15) is 18.1 Å². The van der Waals surface area contributed by atoms with Gasteiger partial charge in [-0.05, 0) is 31.2 Å². The van der Waals surface area contributed by atoms with Crippen LogP contribution in [0.4, 0.5) is 0 Å². The van der Waals surface area contributed by atoms with Crippen LogP contribution < -0.4 is 14.8 Å². The number of hydrogen-bond donors (Lipinski definition) is 1. The Kier molecular flexibility index (Phi) is 3.84. The third-order valence-corrected chi connectivity index (χ3v) is 3.86. The molecule has 1 fully saturated rings. The molecule has 2 aliphatic heterocycles. The van der Waals surface area contributed by atoms with Crippen molar-refractivity contribution in [2.24, 2.45) is 0 Å². The highest BCUT2D eigenvalue weighted by atomic mass is 16.5. The van der Waals surface area contributed by atoms with E-state index in [9.17, 15) is 4.79 Å². The fourth-order valence-electron chi connectivity index (χ4n) is 2.73. The molecule has 5 heteroatoms. The third-order valence-electron chi connectivity index (χ3n) is 3.86.